The van der Waals surface area contributed by atoms with Crippen LogP contribution in [0.25, 0.3) is 0 Å². The van der Waals surface area contributed by atoms with E-state index in [2.05, 4.69) is 10.3 Å². The molecule has 132 valence electrons. The van der Waals surface area contributed by atoms with Gasteiger partial charge in [0.05, 0.1) is 22.6 Å². The summed E-state index contributed by atoms with van der Waals surface area (Å²) in [5.41, 5.74) is 0.296. The molecule has 2 heterocycles. The molecule has 1 aliphatic rings. The molecule has 0 radical (unpaired) electrons. The summed E-state index contributed by atoms with van der Waals surface area (Å²) in [6.45, 7) is 1.54. The van der Waals surface area contributed by atoms with Gasteiger partial charge in [-0.15, -0.1) is 12.4 Å². The predicted molar refractivity (Wildman–Crippen MR) is 91.2 cm³/mol. The number of amides is 1. The predicted octanol–water partition coefficient (Wildman–Crippen LogP) is 2.34. The van der Waals surface area contributed by atoms with E-state index in [1.54, 1.807) is 23.4 Å². The zero-order valence-corrected chi connectivity index (χ0v) is 13.9. The maximum atomic E-state index is 14.2. The van der Waals surface area contributed by atoms with Gasteiger partial charge in [0.2, 0.25) is 0 Å². The Hall–Kier alpha value is -2.58. The number of pyridine rings is 1. The van der Waals surface area contributed by atoms with E-state index in [1.807, 2.05) is 6.07 Å². The Bertz CT molecular complexity index is 775. The SMILES string of the molecule is Cl.O=C(c1ccc([N+](=O)[O-])cc1F)N1CCNCC1c1cccnc1. The number of rotatable bonds is 3. The number of aromatic nitrogens is 1. The van der Waals surface area contributed by atoms with Gasteiger partial charge in [-0.3, -0.25) is 19.9 Å². The molecule has 0 spiro atoms. The first kappa shape index (κ1) is 18.8. The summed E-state index contributed by atoms with van der Waals surface area (Å²) in [6.07, 6.45) is 3.31. The van der Waals surface area contributed by atoms with E-state index in [4.69, 9.17) is 0 Å². The lowest BCUT2D eigenvalue weighted by atomic mass is 10.0. The van der Waals surface area contributed by atoms with Crippen molar-refractivity contribution >= 4 is 24.0 Å². The number of nitro groups is 1. The van der Waals surface area contributed by atoms with Crippen LogP contribution in [0.4, 0.5) is 10.1 Å². The summed E-state index contributed by atoms with van der Waals surface area (Å²) in [5, 5.41) is 13.9. The van der Waals surface area contributed by atoms with Gasteiger partial charge < -0.3 is 10.2 Å². The Kier molecular flexibility index (Phi) is 6.00. The fourth-order valence-corrected chi connectivity index (χ4v) is 2.76. The molecular weight excluding hydrogens is 351 g/mol. The third-order valence-corrected chi connectivity index (χ3v) is 3.97. The maximum absolute atomic E-state index is 14.2. The Labute approximate surface area is 149 Å². The lowest BCUT2D eigenvalue weighted by Gasteiger charge is -2.36. The molecule has 7 nitrogen and oxygen atoms in total. The van der Waals surface area contributed by atoms with Crippen molar-refractivity contribution in [1.82, 2.24) is 15.2 Å². The molecule has 1 aromatic carbocycles. The van der Waals surface area contributed by atoms with Crippen LogP contribution in [0.1, 0.15) is 22.0 Å². The van der Waals surface area contributed by atoms with Gasteiger partial charge in [0.1, 0.15) is 5.82 Å². The molecule has 2 aromatic rings. The van der Waals surface area contributed by atoms with Crippen LogP contribution in [0.15, 0.2) is 42.7 Å². The van der Waals surface area contributed by atoms with Crippen molar-refractivity contribution in [3.05, 3.63) is 69.8 Å². The number of nitrogens with one attached hydrogen (secondary N) is 1. The van der Waals surface area contributed by atoms with Crippen LogP contribution in [0.2, 0.25) is 0 Å². The summed E-state index contributed by atoms with van der Waals surface area (Å²) in [7, 11) is 0. The molecule has 0 saturated carbocycles. The molecule has 1 saturated heterocycles. The molecule has 3 rings (SSSR count). The number of hydrogen-bond donors (Lipinski definition) is 1. The van der Waals surface area contributed by atoms with Crippen LogP contribution in [0, 0.1) is 15.9 Å². The molecule has 9 heteroatoms. The highest BCUT2D eigenvalue weighted by Crippen LogP contribution is 2.25. The number of benzene rings is 1. The van der Waals surface area contributed by atoms with Crippen LogP contribution in [0.3, 0.4) is 0 Å². The number of piperazine rings is 1. The number of non-ortho nitro benzene ring substituents is 1. The number of nitro benzene ring substituents is 1. The van der Waals surface area contributed by atoms with E-state index >= 15 is 0 Å². The van der Waals surface area contributed by atoms with Crippen molar-refractivity contribution in [3.63, 3.8) is 0 Å². The molecule has 0 aliphatic carbocycles. The van der Waals surface area contributed by atoms with E-state index in [-0.39, 0.29) is 29.7 Å². The highest BCUT2D eigenvalue weighted by molar-refractivity contribution is 5.95. The van der Waals surface area contributed by atoms with Gasteiger partial charge in [-0.25, -0.2) is 4.39 Å². The lowest BCUT2D eigenvalue weighted by molar-refractivity contribution is -0.385. The molecule has 0 bridgehead atoms. The largest absolute Gasteiger partial charge is 0.329 e. The van der Waals surface area contributed by atoms with E-state index in [9.17, 15) is 19.3 Å². The Morgan fingerprint density at radius 2 is 2.20 bits per heavy atom. The van der Waals surface area contributed by atoms with Gasteiger partial charge in [-0.2, -0.15) is 0 Å². The summed E-state index contributed by atoms with van der Waals surface area (Å²) in [5.74, 6) is -1.38. The van der Waals surface area contributed by atoms with Crippen LogP contribution in [-0.2, 0) is 0 Å². The van der Waals surface area contributed by atoms with Crippen LogP contribution < -0.4 is 5.32 Å². The second-order valence-corrected chi connectivity index (χ2v) is 5.43. The smallest absolute Gasteiger partial charge is 0.272 e. The molecule has 1 N–H and O–H groups in total. The average Bonchev–Trinajstić information content (AvgIpc) is 2.61. The number of carbonyl (C=O) groups is 1. The highest BCUT2D eigenvalue weighted by atomic mass is 35.5. The van der Waals surface area contributed by atoms with Crippen molar-refractivity contribution in [3.8, 4) is 0 Å². The van der Waals surface area contributed by atoms with Crippen molar-refractivity contribution in [2.45, 2.75) is 6.04 Å². The topological polar surface area (TPSA) is 88.4 Å². The van der Waals surface area contributed by atoms with Crippen LogP contribution >= 0.6 is 12.4 Å². The molecule has 25 heavy (non-hydrogen) atoms. The van der Waals surface area contributed by atoms with Crippen molar-refractivity contribution in [2.75, 3.05) is 19.6 Å². The molecule has 1 aliphatic heterocycles. The number of carbonyl (C=O) groups excluding carboxylic acids is 1. The molecule has 1 aromatic heterocycles. The van der Waals surface area contributed by atoms with E-state index in [0.29, 0.717) is 19.6 Å². The Morgan fingerprint density at radius 1 is 1.40 bits per heavy atom. The first-order valence-electron chi connectivity index (χ1n) is 7.43. The van der Waals surface area contributed by atoms with Gasteiger partial charge in [0, 0.05) is 38.1 Å². The first-order chi connectivity index (χ1) is 11.6. The second kappa shape index (κ2) is 8.00. The normalized spacial score (nSPS) is 16.8. The summed E-state index contributed by atoms with van der Waals surface area (Å²) < 4.78 is 14.2. The van der Waals surface area contributed by atoms with Crippen molar-refractivity contribution in [2.24, 2.45) is 0 Å². The minimum atomic E-state index is -0.891. The molecular formula is C16H16ClFN4O3. The summed E-state index contributed by atoms with van der Waals surface area (Å²) in [6, 6.07) is 6.44. The summed E-state index contributed by atoms with van der Waals surface area (Å²) in [4.78, 5) is 28.4. The molecule has 1 fully saturated rings. The maximum Gasteiger partial charge on any atom is 0.272 e. The third kappa shape index (κ3) is 3.92. The number of hydrogen-bond acceptors (Lipinski definition) is 5. The minimum Gasteiger partial charge on any atom is -0.329 e. The third-order valence-electron chi connectivity index (χ3n) is 3.97. The van der Waals surface area contributed by atoms with Crippen molar-refractivity contribution < 1.29 is 14.1 Å². The zero-order valence-electron chi connectivity index (χ0n) is 13.1. The first-order valence-corrected chi connectivity index (χ1v) is 7.43. The average molecular weight is 367 g/mol. The van der Waals surface area contributed by atoms with Gasteiger partial charge in [0.15, 0.2) is 0 Å². The molecule has 1 atom stereocenters. The molecule has 1 unspecified atom stereocenters. The molecule has 1 amide bonds. The van der Waals surface area contributed by atoms with E-state index in [0.717, 1.165) is 23.8 Å². The number of halogens is 2. The van der Waals surface area contributed by atoms with Gasteiger partial charge in [0.25, 0.3) is 11.6 Å². The fraction of sp³-hybridized carbons (Fsp3) is 0.250. The van der Waals surface area contributed by atoms with E-state index < -0.39 is 16.6 Å². The van der Waals surface area contributed by atoms with Crippen LogP contribution in [0.5, 0.6) is 0 Å². The second-order valence-electron chi connectivity index (χ2n) is 5.43. The monoisotopic (exact) mass is 366 g/mol. The zero-order chi connectivity index (χ0) is 17.1. The van der Waals surface area contributed by atoms with Crippen molar-refractivity contribution in [1.29, 1.82) is 0 Å². The lowest BCUT2D eigenvalue weighted by Crippen LogP contribution is -2.48. The highest BCUT2D eigenvalue weighted by Gasteiger charge is 2.30. The minimum absolute atomic E-state index is 0. The summed E-state index contributed by atoms with van der Waals surface area (Å²) >= 11 is 0. The van der Waals surface area contributed by atoms with Gasteiger partial charge in [-0.1, -0.05) is 6.07 Å². The number of nitrogens with zero attached hydrogens (tertiary/aromatic N) is 3. The standard InChI is InChI=1S/C16H15FN4O3.ClH/c17-14-8-12(21(23)24)3-4-13(14)16(22)20-7-6-19-10-15(20)11-2-1-5-18-9-11;/h1-5,8-9,15,19H,6-7,10H2;1H. The van der Waals surface area contributed by atoms with E-state index in [1.165, 1.54) is 0 Å². The Morgan fingerprint density at radius 3 is 2.84 bits per heavy atom. The Balaban J connectivity index is 0.00000225. The fourth-order valence-electron chi connectivity index (χ4n) is 2.76. The van der Waals surface area contributed by atoms with Crippen LogP contribution in [-0.4, -0.2) is 40.3 Å². The quantitative estimate of drug-likeness (QED) is 0.665. The van der Waals surface area contributed by atoms with Gasteiger partial charge in [-0.05, 0) is 17.7 Å². The van der Waals surface area contributed by atoms with Gasteiger partial charge >= 0.3 is 0 Å².